The van der Waals surface area contributed by atoms with Crippen LogP contribution in [0.1, 0.15) is 38.2 Å². The lowest BCUT2D eigenvalue weighted by atomic mass is 9.88. The third-order valence-corrected chi connectivity index (χ3v) is 4.37. The smallest absolute Gasteiger partial charge is 0.0777 e. The van der Waals surface area contributed by atoms with Crippen molar-refractivity contribution in [1.29, 1.82) is 0 Å². The van der Waals surface area contributed by atoms with E-state index in [0.717, 1.165) is 22.2 Å². The summed E-state index contributed by atoms with van der Waals surface area (Å²) in [5, 5.41) is 1.02. The van der Waals surface area contributed by atoms with Gasteiger partial charge in [0.1, 0.15) is 0 Å². The van der Waals surface area contributed by atoms with Gasteiger partial charge < -0.3 is 10.5 Å². The maximum atomic E-state index is 6.15. The zero-order chi connectivity index (χ0) is 13.9. The molecule has 0 amide bonds. The van der Waals surface area contributed by atoms with Crippen LogP contribution in [0.3, 0.4) is 0 Å². The molecule has 3 rings (SSSR count). The number of rotatable bonds is 3. The number of hydrogen-bond acceptors (Lipinski definition) is 3. The monoisotopic (exact) mass is 270 g/mol. The molecule has 3 heteroatoms. The molecule has 1 aromatic heterocycles. The summed E-state index contributed by atoms with van der Waals surface area (Å²) in [6.07, 6.45) is 7.30. The second-order valence-corrected chi connectivity index (χ2v) is 5.82. The molecule has 2 unspecified atom stereocenters. The molecule has 1 fully saturated rings. The minimum Gasteiger partial charge on any atom is -0.398 e. The van der Waals surface area contributed by atoms with Crippen molar-refractivity contribution in [3.05, 3.63) is 36.0 Å². The van der Waals surface area contributed by atoms with E-state index in [9.17, 15) is 0 Å². The van der Waals surface area contributed by atoms with Gasteiger partial charge in [0.25, 0.3) is 0 Å². The van der Waals surface area contributed by atoms with Gasteiger partial charge in [-0.2, -0.15) is 0 Å². The van der Waals surface area contributed by atoms with Gasteiger partial charge in [-0.05, 0) is 37.0 Å². The van der Waals surface area contributed by atoms with Crippen LogP contribution in [0.4, 0.5) is 5.69 Å². The molecule has 20 heavy (non-hydrogen) atoms. The van der Waals surface area contributed by atoms with Gasteiger partial charge in [0.2, 0.25) is 0 Å². The van der Waals surface area contributed by atoms with Crippen LogP contribution in [0, 0.1) is 5.92 Å². The summed E-state index contributed by atoms with van der Waals surface area (Å²) in [5.41, 5.74) is 8.89. The average molecular weight is 270 g/mol. The predicted molar refractivity (Wildman–Crippen MR) is 82.4 cm³/mol. The van der Waals surface area contributed by atoms with Crippen molar-refractivity contribution >= 4 is 16.6 Å². The second-order valence-electron chi connectivity index (χ2n) is 5.82. The number of benzene rings is 1. The van der Waals surface area contributed by atoms with Gasteiger partial charge in [-0.1, -0.05) is 25.8 Å². The summed E-state index contributed by atoms with van der Waals surface area (Å²) >= 11 is 0. The summed E-state index contributed by atoms with van der Waals surface area (Å²) < 4.78 is 6.15. The fourth-order valence-corrected chi connectivity index (χ4v) is 3.10. The standard InChI is InChI=1S/C17H22N2O/c1-12-5-2-3-7-16(12)20-11-13-8-9-15(18)14-6-4-10-19-17(13)14/h4,6,8-10,12,16H,2-3,5,7,11,18H2,1H3. The van der Waals surface area contributed by atoms with Crippen LogP contribution in [0.5, 0.6) is 0 Å². The van der Waals surface area contributed by atoms with Crippen LogP contribution < -0.4 is 5.73 Å². The second kappa shape index (κ2) is 5.80. The fourth-order valence-electron chi connectivity index (χ4n) is 3.10. The highest BCUT2D eigenvalue weighted by atomic mass is 16.5. The van der Waals surface area contributed by atoms with E-state index >= 15 is 0 Å². The minimum atomic E-state index is 0.389. The zero-order valence-electron chi connectivity index (χ0n) is 12.0. The summed E-state index contributed by atoms with van der Waals surface area (Å²) in [7, 11) is 0. The van der Waals surface area contributed by atoms with Gasteiger partial charge in [0.05, 0.1) is 18.2 Å². The van der Waals surface area contributed by atoms with Gasteiger partial charge in [-0.15, -0.1) is 0 Å². The van der Waals surface area contributed by atoms with Crippen molar-refractivity contribution in [1.82, 2.24) is 4.98 Å². The predicted octanol–water partition coefficient (Wildman–Crippen LogP) is 3.91. The van der Waals surface area contributed by atoms with Crippen LogP contribution in [-0.4, -0.2) is 11.1 Å². The molecule has 0 bridgehead atoms. The molecule has 0 saturated heterocycles. The topological polar surface area (TPSA) is 48.1 Å². The van der Waals surface area contributed by atoms with Gasteiger partial charge in [-0.3, -0.25) is 4.98 Å². The lowest BCUT2D eigenvalue weighted by Crippen LogP contribution is -2.25. The number of anilines is 1. The Hall–Kier alpha value is -1.61. The van der Waals surface area contributed by atoms with Crippen LogP contribution in [0.2, 0.25) is 0 Å². The van der Waals surface area contributed by atoms with Crippen molar-refractivity contribution in [3.8, 4) is 0 Å². The van der Waals surface area contributed by atoms with E-state index in [0.29, 0.717) is 18.6 Å². The summed E-state index contributed by atoms with van der Waals surface area (Å²) in [6.45, 7) is 2.92. The number of fused-ring (bicyclic) bond motifs is 1. The van der Waals surface area contributed by atoms with E-state index in [-0.39, 0.29) is 0 Å². The molecule has 1 aromatic carbocycles. The third kappa shape index (κ3) is 2.63. The SMILES string of the molecule is CC1CCCCC1OCc1ccc(N)c2cccnc12. The lowest BCUT2D eigenvalue weighted by Gasteiger charge is -2.28. The first-order valence-corrected chi connectivity index (χ1v) is 7.49. The van der Waals surface area contributed by atoms with Crippen LogP contribution in [-0.2, 0) is 11.3 Å². The average Bonchev–Trinajstić information content (AvgIpc) is 2.48. The molecule has 2 N–H and O–H groups in total. The minimum absolute atomic E-state index is 0.389. The van der Waals surface area contributed by atoms with Crippen molar-refractivity contribution in [3.63, 3.8) is 0 Å². The van der Waals surface area contributed by atoms with E-state index in [1.165, 1.54) is 25.7 Å². The molecule has 0 radical (unpaired) electrons. The molecule has 1 aliphatic rings. The van der Waals surface area contributed by atoms with E-state index in [1.54, 1.807) is 0 Å². The molecule has 2 aromatic rings. The van der Waals surface area contributed by atoms with E-state index in [2.05, 4.69) is 11.9 Å². The number of nitrogens with two attached hydrogens (primary N) is 1. The number of aromatic nitrogens is 1. The highest BCUT2D eigenvalue weighted by Gasteiger charge is 2.22. The Labute approximate surface area is 120 Å². The number of pyridine rings is 1. The molecule has 0 spiro atoms. The first kappa shape index (κ1) is 13.4. The van der Waals surface area contributed by atoms with Crippen molar-refractivity contribution < 1.29 is 4.74 Å². The van der Waals surface area contributed by atoms with E-state index in [4.69, 9.17) is 10.5 Å². The number of nitrogen functional groups attached to an aromatic ring is 1. The van der Waals surface area contributed by atoms with Crippen molar-refractivity contribution in [2.45, 2.75) is 45.3 Å². The summed E-state index contributed by atoms with van der Waals surface area (Å²) in [4.78, 5) is 4.46. The van der Waals surface area contributed by atoms with Crippen molar-refractivity contribution in [2.75, 3.05) is 5.73 Å². The van der Waals surface area contributed by atoms with Gasteiger partial charge in [0.15, 0.2) is 0 Å². The van der Waals surface area contributed by atoms with Gasteiger partial charge >= 0.3 is 0 Å². The van der Waals surface area contributed by atoms with Crippen LogP contribution in [0.15, 0.2) is 30.5 Å². The maximum absolute atomic E-state index is 6.15. The Bertz CT molecular complexity index is 597. The number of ether oxygens (including phenoxy) is 1. The van der Waals surface area contributed by atoms with E-state index < -0.39 is 0 Å². The summed E-state index contributed by atoms with van der Waals surface area (Å²) in [6, 6.07) is 7.93. The van der Waals surface area contributed by atoms with Gasteiger partial charge in [0, 0.05) is 22.8 Å². The first-order valence-electron chi connectivity index (χ1n) is 7.49. The Morgan fingerprint density at radius 2 is 2.10 bits per heavy atom. The number of hydrogen-bond donors (Lipinski definition) is 1. The van der Waals surface area contributed by atoms with E-state index in [1.807, 2.05) is 30.5 Å². The number of nitrogens with zero attached hydrogens (tertiary/aromatic N) is 1. The molecule has 0 aliphatic heterocycles. The van der Waals surface area contributed by atoms with Gasteiger partial charge in [-0.25, -0.2) is 0 Å². The molecule has 1 heterocycles. The molecule has 106 valence electrons. The molecule has 1 saturated carbocycles. The Kier molecular flexibility index (Phi) is 3.88. The van der Waals surface area contributed by atoms with Crippen LogP contribution >= 0.6 is 0 Å². The Morgan fingerprint density at radius 3 is 2.95 bits per heavy atom. The highest BCUT2D eigenvalue weighted by Crippen LogP contribution is 2.28. The maximum Gasteiger partial charge on any atom is 0.0777 e. The first-order chi connectivity index (χ1) is 9.75. The largest absolute Gasteiger partial charge is 0.398 e. The van der Waals surface area contributed by atoms with Crippen LogP contribution in [0.25, 0.3) is 10.9 Å². The quantitative estimate of drug-likeness (QED) is 0.860. The molecular formula is C17H22N2O. The molecule has 3 nitrogen and oxygen atoms in total. The normalized spacial score (nSPS) is 23.1. The molecule has 2 atom stereocenters. The lowest BCUT2D eigenvalue weighted by molar-refractivity contribution is -0.0150. The Balaban J connectivity index is 1.79. The summed E-state index contributed by atoms with van der Waals surface area (Å²) in [5.74, 6) is 0.664. The molecule has 1 aliphatic carbocycles. The Morgan fingerprint density at radius 1 is 1.25 bits per heavy atom. The zero-order valence-corrected chi connectivity index (χ0v) is 12.0. The third-order valence-electron chi connectivity index (χ3n) is 4.37. The molecular weight excluding hydrogens is 248 g/mol. The fraction of sp³-hybridized carbons (Fsp3) is 0.471. The highest BCUT2D eigenvalue weighted by molar-refractivity contribution is 5.92. The van der Waals surface area contributed by atoms with Crippen molar-refractivity contribution in [2.24, 2.45) is 5.92 Å².